The van der Waals surface area contributed by atoms with E-state index >= 15 is 0 Å². The molecule has 0 spiro atoms. The summed E-state index contributed by atoms with van der Waals surface area (Å²) in [6, 6.07) is 0. The van der Waals surface area contributed by atoms with Gasteiger partial charge in [0.2, 0.25) is 0 Å². The van der Waals surface area contributed by atoms with Crippen molar-refractivity contribution >= 4 is 24.2 Å². The van der Waals surface area contributed by atoms with Crippen LogP contribution in [0.5, 0.6) is 0 Å². The first kappa shape index (κ1) is 15.1. The van der Waals surface area contributed by atoms with Gasteiger partial charge >= 0.3 is 6.64 Å². The molecule has 0 aromatic heterocycles. The lowest BCUT2D eigenvalue weighted by atomic mass is 9.89. The Hall–Kier alpha value is 0.0400. The first-order valence-electron chi connectivity index (χ1n) is 6.31. The fourth-order valence-corrected chi connectivity index (χ4v) is 3.82. The average Bonchev–Trinajstić information content (AvgIpc) is 2.27. The summed E-state index contributed by atoms with van der Waals surface area (Å²) in [7, 11) is 0. The number of rotatable bonds is 6. The van der Waals surface area contributed by atoms with Gasteiger partial charge in [0.25, 0.3) is 0 Å². The molecule has 1 aliphatic carbocycles. The molecule has 0 aliphatic heterocycles. The first-order valence-corrected chi connectivity index (χ1v) is 8.95. The lowest BCUT2D eigenvalue weighted by Gasteiger charge is -2.23. The van der Waals surface area contributed by atoms with E-state index in [1.807, 2.05) is 13.8 Å². The molecule has 0 radical (unpaired) electrons. The Balaban J connectivity index is 2.55. The van der Waals surface area contributed by atoms with Crippen LogP contribution in [0.4, 0.5) is 0 Å². The van der Waals surface area contributed by atoms with Gasteiger partial charge in [0, 0.05) is 5.71 Å². The van der Waals surface area contributed by atoms with Gasteiger partial charge < -0.3 is 9.05 Å². The molecule has 1 atom stereocenters. The second-order valence-corrected chi connectivity index (χ2v) is 7.47. The van der Waals surface area contributed by atoms with Gasteiger partial charge in [-0.15, -0.1) is 0 Å². The van der Waals surface area contributed by atoms with Gasteiger partial charge in [-0.2, -0.15) is 5.10 Å². The molecular weight excluding hydrogens is 255 g/mol. The second kappa shape index (κ2) is 7.47. The van der Waals surface area contributed by atoms with Crippen molar-refractivity contribution in [2.45, 2.75) is 46.5 Å². The quantitative estimate of drug-likeness (QED) is 0.597. The maximum absolute atomic E-state index is 5.47. The van der Waals surface area contributed by atoms with Crippen molar-refractivity contribution in [2.75, 3.05) is 13.2 Å². The number of hydrazone groups is 1. The monoisotopic (exact) mass is 278 g/mol. The molecule has 100 valence electrons. The molecule has 0 heterocycles. The maximum Gasteiger partial charge on any atom is 0.303 e. The lowest BCUT2D eigenvalue weighted by molar-refractivity contribution is 0.259. The SMILES string of the molecule is CCOP(=S)(N/N=C1/CCCC(C)C1)OCC. The normalized spacial score (nSPS) is 23.9. The van der Waals surface area contributed by atoms with Crippen LogP contribution in [0.2, 0.25) is 0 Å². The van der Waals surface area contributed by atoms with Gasteiger partial charge in [-0.05, 0) is 57.3 Å². The summed E-state index contributed by atoms with van der Waals surface area (Å²) in [5, 5.41) is 7.36. The van der Waals surface area contributed by atoms with E-state index in [0.29, 0.717) is 13.2 Å². The standard InChI is InChI=1S/C11H23N2O2PS/c1-4-14-16(17,15-5-2)13-12-11-8-6-7-10(3)9-11/h10H,4-9H2,1-3H3,(H,13,17)/b12-11-. The predicted molar refractivity (Wildman–Crippen MR) is 75.7 cm³/mol. The number of nitrogens with zero attached hydrogens (tertiary/aromatic N) is 1. The van der Waals surface area contributed by atoms with Crippen LogP contribution in [-0.2, 0) is 20.9 Å². The zero-order valence-electron chi connectivity index (χ0n) is 10.9. The summed E-state index contributed by atoms with van der Waals surface area (Å²) < 4.78 is 10.9. The van der Waals surface area contributed by atoms with Crippen LogP contribution in [0.15, 0.2) is 5.10 Å². The van der Waals surface area contributed by atoms with Gasteiger partial charge in [0.1, 0.15) is 0 Å². The van der Waals surface area contributed by atoms with E-state index in [9.17, 15) is 0 Å². The van der Waals surface area contributed by atoms with E-state index in [2.05, 4.69) is 17.2 Å². The van der Waals surface area contributed by atoms with E-state index in [1.54, 1.807) is 0 Å². The van der Waals surface area contributed by atoms with Crippen LogP contribution < -0.4 is 5.20 Å². The van der Waals surface area contributed by atoms with Crippen molar-refractivity contribution in [1.29, 1.82) is 0 Å². The van der Waals surface area contributed by atoms with Gasteiger partial charge in [-0.3, -0.25) is 0 Å². The Morgan fingerprint density at radius 2 is 2.06 bits per heavy atom. The van der Waals surface area contributed by atoms with Crippen molar-refractivity contribution in [2.24, 2.45) is 11.0 Å². The molecule has 1 saturated carbocycles. The molecule has 1 aliphatic rings. The molecule has 1 fully saturated rings. The molecule has 0 aromatic rings. The molecule has 0 aromatic carbocycles. The predicted octanol–water partition coefficient (Wildman–Crippen LogP) is 3.44. The van der Waals surface area contributed by atoms with E-state index in [0.717, 1.165) is 18.8 Å². The van der Waals surface area contributed by atoms with Gasteiger partial charge in [0.15, 0.2) is 0 Å². The van der Waals surface area contributed by atoms with Gasteiger partial charge in [-0.25, -0.2) is 5.20 Å². The molecule has 1 rings (SSSR count). The van der Waals surface area contributed by atoms with E-state index in [4.69, 9.17) is 20.9 Å². The Labute approximate surface area is 109 Å². The summed E-state index contributed by atoms with van der Waals surface area (Å²) in [6.45, 7) is 4.77. The Bertz CT molecular complexity index is 300. The zero-order chi connectivity index (χ0) is 12.7. The molecule has 1 unspecified atom stereocenters. The number of hydrogen-bond donors (Lipinski definition) is 1. The van der Waals surface area contributed by atoms with Crippen LogP contribution in [-0.4, -0.2) is 18.9 Å². The molecular formula is C11H23N2O2PS. The highest BCUT2D eigenvalue weighted by molar-refractivity contribution is 8.08. The third kappa shape index (κ3) is 5.47. The second-order valence-electron chi connectivity index (χ2n) is 4.31. The topological polar surface area (TPSA) is 42.8 Å². The fourth-order valence-electron chi connectivity index (χ4n) is 1.93. The zero-order valence-corrected chi connectivity index (χ0v) is 12.7. The molecule has 0 amide bonds. The minimum Gasteiger partial charge on any atom is -0.313 e. The molecule has 0 saturated heterocycles. The Morgan fingerprint density at radius 1 is 1.41 bits per heavy atom. The summed E-state index contributed by atoms with van der Waals surface area (Å²) >= 11 is 5.35. The molecule has 17 heavy (non-hydrogen) atoms. The Kier molecular flexibility index (Phi) is 6.63. The van der Waals surface area contributed by atoms with E-state index in [1.165, 1.54) is 18.6 Å². The van der Waals surface area contributed by atoms with E-state index in [-0.39, 0.29) is 0 Å². The summed E-state index contributed by atoms with van der Waals surface area (Å²) in [4.78, 5) is 0. The number of hydrogen-bond acceptors (Lipinski definition) is 4. The molecule has 0 bridgehead atoms. The van der Waals surface area contributed by atoms with Crippen LogP contribution >= 0.6 is 6.64 Å². The van der Waals surface area contributed by atoms with Gasteiger partial charge in [-0.1, -0.05) is 6.92 Å². The van der Waals surface area contributed by atoms with Crippen molar-refractivity contribution in [3.05, 3.63) is 0 Å². The largest absolute Gasteiger partial charge is 0.313 e. The highest BCUT2D eigenvalue weighted by Gasteiger charge is 2.19. The third-order valence-corrected chi connectivity index (χ3v) is 5.09. The average molecular weight is 278 g/mol. The minimum atomic E-state index is -2.41. The van der Waals surface area contributed by atoms with Crippen LogP contribution in [0.25, 0.3) is 0 Å². The van der Waals surface area contributed by atoms with Crippen LogP contribution in [0, 0.1) is 5.92 Å². The van der Waals surface area contributed by atoms with Crippen molar-refractivity contribution < 1.29 is 9.05 Å². The lowest BCUT2D eigenvalue weighted by Crippen LogP contribution is -2.17. The molecule has 6 heteroatoms. The Morgan fingerprint density at radius 3 is 2.59 bits per heavy atom. The minimum absolute atomic E-state index is 0.547. The van der Waals surface area contributed by atoms with Crippen molar-refractivity contribution in [3.8, 4) is 0 Å². The summed E-state index contributed by atoms with van der Waals surface area (Å²) in [6.07, 6.45) is 4.63. The van der Waals surface area contributed by atoms with Crippen molar-refractivity contribution in [3.63, 3.8) is 0 Å². The van der Waals surface area contributed by atoms with Crippen LogP contribution in [0.1, 0.15) is 46.5 Å². The smallest absolute Gasteiger partial charge is 0.303 e. The van der Waals surface area contributed by atoms with Gasteiger partial charge in [0.05, 0.1) is 13.2 Å². The molecule has 1 N–H and O–H groups in total. The summed E-state index contributed by atoms with van der Waals surface area (Å²) in [5.74, 6) is 0.723. The van der Waals surface area contributed by atoms with Crippen molar-refractivity contribution in [1.82, 2.24) is 5.20 Å². The maximum atomic E-state index is 5.47. The molecule has 4 nitrogen and oxygen atoms in total. The first-order chi connectivity index (χ1) is 8.09. The number of nitrogens with one attached hydrogen (secondary N) is 1. The highest BCUT2D eigenvalue weighted by atomic mass is 32.5. The van der Waals surface area contributed by atoms with E-state index < -0.39 is 6.64 Å². The highest BCUT2D eigenvalue weighted by Crippen LogP contribution is 2.43. The van der Waals surface area contributed by atoms with Crippen LogP contribution in [0.3, 0.4) is 0 Å². The third-order valence-electron chi connectivity index (χ3n) is 2.68. The summed E-state index contributed by atoms with van der Waals surface area (Å²) in [5.41, 5.74) is 1.19. The fraction of sp³-hybridized carbons (Fsp3) is 0.909.